The molecule has 0 aliphatic heterocycles. The Morgan fingerprint density at radius 1 is 1.25 bits per heavy atom. The lowest BCUT2D eigenvalue weighted by Gasteiger charge is -2.06. The second-order valence-electron chi connectivity index (χ2n) is 5.78. The van der Waals surface area contributed by atoms with Gasteiger partial charge in [-0.1, -0.05) is 5.16 Å². The Bertz CT molecular complexity index is 786. The van der Waals surface area contributed by atoms with Crippen LogP contribution in [0.25, 0.3) is 5.82 Å². The van der Waals surface area contributed by atoms with Crippen LogP contribution in [0.4, 0.5) is 0 Å². The molecule has 0 aromatic carbocycles. The molecule has 2 rings (SSSR count). The SMILES string of the molecule is Cc1cc(-n2c(C)cc(/C=N\NC(=O)C(=O)NC(C)C)c2C)no1. The molecule has 0 unspecified atom stereocenters. The molecule has 8 heteroatoms. The van der Waals surface area contributed by atoms with E-state index in [-0.39, 0.29) is 6.04 Å². The van der Waals surface area contributed by atoms with Crippen molar-refractivity contribution in [1.29, 1.82) is 0 Å². The van der Waals surface area contributed by atoms with Gasteiger partial charge in [0.25, 0.3) is 0 Å². The van der Waals surface area contributed by atoms with Crippen LogP contribution in [0.5, 0.6) is 0 Å². The molecule has 0 aliphatic carbocycles. The number of amides is 2. The summed E-state index contributed by atoms with van der Waals surface area (Å²) in [5.41, 5.74) is 4.86. The van der Waals surface area contributed by atoms with E-state index in [0.29, 0.717) is 5.82 Å². The van der Waals surface area contributed by atoms with Crippen LogP contribution >= 0.6 is 0 Å². The van der Waals surface area contributed by atoms with Crippen LogP contribution in [-0.2, 0) is 9.59 Å². The minimum atomic E-state index is -0.805. The van der Waals surface area contributed by atoms with Crippen molar-refractivity contribution in [2.45, 2.75) is 40.7 Å². The lowest BCUT2D eigenvalue weighted by atomic mass is 10.3. The van der Waals surface area contributed by atoms with Crippen molar-refractivity contribution in [3.05, 3.63) is 34.8 Å². The molecule has 0 aliphatic rings. The zero-order chi connectivity index (χ0) is 17.9. The van der Waals surface area contributed by atoms with E-state index in [2.05, 4.69) is 21.0 Å². The molecule has 2 aromatic rings. The van der Waals surface area contributed by atoms with Crippen LogP contribution < -0.4 is 10.7 Å². The van der Waals surface area contributed by atoms with Gasteiger partial charge in [-0.05, 0) is 40.7 Å². The van der Waals surface area contributed by atoms with Gasteiger partial charge in [-0.2, -0.15) is 5.10 Å². The Labute approximate surface area is 139 Å². The third kappa shape index (κ3) is 3.89. The second kappa shape index (κ2) is 7.12. The summed E-state index contributed by atoms with van der Waals surface area (Å²) < 4.78 is 7.02. The third-order valence-corrected chi connectivity index (χ3v) is 3.31. The number of hydrazone groups is 1. The predicted molar refractivity (Wildman–Crippen MR) is 89.1 cm³/mol. The standard InChI is InChI=1S/C16H21N5O3/c1-9(2)18-15(22)16(23)19-17-8-13-6-10(3)21(12(13)5)14-7-11(4)24-20-14/h6-9H,1-5H3,(H,18,22)(H,19,23)/b17-8-. The van der Waals surface area contributed by atoms with Gasteiger partial charge in [0.2, 0.25) is 0 Å². The molecule has 2 aromatic heterocycles. The van der Waals surface area contributed by atoms with Crippen LogP contribution in [0.2, 0.25) is 0 Å². The highest BCUT2D eigenvalue weighted by Gasteiger charge is 2.14. The highest BCUT2D eigenvalue weighted by Crippen LogP contribution is 2.19. The largest absolute Gasteiger partial charge is 0.360 e. The van der Waals surface area contributed by atoms with E-state index in [1.54, 1.807) is 13.8 Å². The summed E-state index contributed by atoms with van der Waals surface area (Å²) in [5.74, 6) is -0.120. The summed E-state index contributed by atoms with van der Waals surface area (Å²) in [6.07, 6.45) is 1.49. The second-order valence-corrected chi connectivity index (χ2v) is 5.78. The van der Waals surface area contributed by atoms with Crippen LogP contribution in [0.1, 0.15) is 36.6 Å². The van der Waals surface area contributed by atoms with Crippen LogP contribution in [0, 0.1) is 20.8 Å². The number of aryl methyl sites for hydroxylation is 2. The van der Waals surface area contributed by atoms with Crippen molar-refractivity contribution in [3.8, 4) is 5.82 Å². The zero-order valence-corrected chi connectivity index (χ0v) is 14.4. The summed E-state index contributed by atoms with van der Waals surface area (Å²) in [6, 6.07) is 3.62. The summed E-state index contributed by atoms with van der Waals surface area (Å²) >= 11 is 0. The Morgan fingerprint density at radius 2 is 1.96 bits per heavy atom. The summed E-state index contributed by atoms with van der Waals surface area (Å²) in [6.45, 7) is 9.21. The van der Waals surface area contributed by atoms with Crippen molar-refractivity contribution in [1.82, 2.24) is 20.5 Å². The first-order chi connectivity index (χ1) is 11.3. The van der Waals surface area contributed by atoms with Crippen molar-refractivity contribution in [2.24, 2.45) is 5.10 Å². The van der Waals surface area contributed by atoms with Gasteiger partial charge >= 0.3 is 11.8 Å². The van der Waals surface area contributed by atoms with Crippen molar-refractivity contribution < 1.29 is 14.1 Å². The number of nitrogens with zero attached hydrogens (tertiary/aromatic N) is 3. The summed E-state index contributed by atoms with van der Waals surface area (Å²) in [4.78, 5) is 23.1. The number of hydrogen-bond acceptors (Lipinski definition) is 5. The average Bonchev–Trinajstić information content (AvgIpc) is 3.02. The molecule has 0 fully saturated rings. The molecule has 0 atom stereocenters. The highest BCUT2D eigenvalue weighted by atomic mass is 16.5. The molecule has 128 valence electrons. The fourth-order valence-corrected chi connectivity index (χ4v) is 2.27. The van der Waals surface area contributed by atoms with Gasteiger partial charge in [0.05, 0.1) is 6.21 Å². The molecule has 2 amide bonds. The molecule has 0 bridgehead atoms. The lowest BCUT2D eigenvalue weighted by Crippen LogP contribution is -2.41. The molecule has 24 heavy (non-hydrogen) atoms. The number of aromatic nitrogens is 2. The first-order valence-electron chi connectivity index (χ1n) is 7.56. The predicted octanol–water partition coefficient (Wildman–Crippen LogP) is 1.37. The number of rotatable bonds is 4. The zero-order valence-electron chi connectivity index (χ0n) is 14.4. The van der Waals surface area contributed by atoms with E-state index in [1.807, 2.05) is 37.5 Å². The molecule has 8 nitrogen and oxygen atoms in total. The number of nitrogens with one attached hydrogen (secondary N) is 2. The highest BCUT2D eigenvalue weighted by molar-refractivity contribution is 6.35. The summed E-state index contributed by atoms with van der Waals surface area (Å²) in [7, 11) is 0. The van der Waals surface area contributed by atoms with Crippen molar-refractivity contribution >= 4 is 18.0 Å². The minimum absolute atomic E-state index is 0.114. The van der Waals surface area contributed by atoms with E-state index in [9.17, 15) is 9.59 Å². The van der Waals surface area contributed by atoms with E-state index in [4.69, 9.17) is 4.52 Å². The molecule has 0 saturated carbocycles. The Hall–Kier alpha value is -2.90. The van der Waals surface area contributed by atoms with Crippen molar-refractivity contribution in [3.63, 3.8) is 0 Å². The Morgan fingerprint density at radius 3 is 2.54 bits per heavy atom. The fraction of sp³-hybridized carbons (Fsp3) is 0.375. The molecular formula is C16H21N5O3. The molecule has 0 saturated heterocycles. The molecule has 0 radical (unpaired) electrons. The van der Waals surface area contributed by atoms with Gasteiger partial charge in [0, 0.05) is 29.1 Å². The van der Waals surface area contributed by atoms with E-state index < -0.39 is 11.8 Å². The smallest absolute Gasteiger partial charge is 0.329 e. The molecular weight excluding hydrogens is 310 g/mol. The molecule has 2 N–H and O–H groups in total. The van der Waals surface area contributed by atoms with Gasteiger partial charge in [-0.25, -0.2) is 5.43 Å². The maximum absolute atomic E-state index is 11.6. The lowest BCUT2D eigenvalue weighted by molar-refractivity contribution is -0.139. The van der Waals surface area contributed by atoms with Crippen LogP contribution in [0.3, 0.4) is 0 Å². The first kappa shape index (κ1) is 17.5. The maximum atomic E-state index is 11.6. The molecule has 2 heterocycles. The number of carbonyl (C=O) groups excluding carboxylic acids is 2. The first-order valence-corrected chi connectivity index (χ1v) is 7.56. The van der Waals surface area contributed by atoms with Crippen LogP contribution in [-0.4, -0.2) is 33.8 Å². The van der Waals surface area contributed by atoms with E-state index >= 15 is 0 Å². The topological polar surface area (TPSA) is 102 Å². The van der Waals surface area contributed by atoms with Gasteiger partial charge in [0.1, 0.15) is 5.76 Å². The van der Waals surface area contributed by atoms with Crippen molar-refractivity contribution in [2.75, 3.05) is 0 Å². The third-order valence-electron chi connectivity index (χ3n) is 3.31. The average molecular weight is 331 g/mol. The number of hydrogen-bond donors (Lipinski definition) is 2. The maximum Gasteiger partial charge on any atom is 0.329 e. The quantitative estimate of drug-likeness (QED) is 0.502. The number of carbonyl (C=O) groups is 2. The normalized spacial score (nSPS) is 11.2. The van der Waals surface area contributed by atoms with Crippen LogP contribution in [0.15, 0.2) is 21.8 Å². The minimum Gasteiger partial charge on any atom is -0.360 e. The van der Waals surface area contributed by atoms with Gasteiger partial charge in [0.15, 0.2) is 5.82 Å². The van der Waals surface area contributed by atoms with Gasteiger partial charge in [-0.15, -0.1) is 0 Å². The molecule has 0 spiro atoms. The Kier molecular flexibility index (Phi) is 5.18. The van der Waals surface area contributed by atoms with Gasteiger partial charge < -0.3 is 9.84 Å². The van der Waals surface area contributed by atoms with E-state index in [0.717, 1.165) is 22.7 Å². The van der Waals surface area contributed by atoms with Gasteiger partial charge in [-0.3, -0.25) is 14.2 Å². The monoisotopic (exact) mass is 331 g/mol. The van der Waals surface area contributed by atoms with E-state index in [1.165, 1.54) is 6.21 Å². The fourth-order valence-electron chi connectivity index (χ4n) is 2.27. The summed E-state index contributed by atoms with van der Waals surface area (Å²) in [5, 5.41) is 10.3. The Balaban J connectivity index is 2.11.